The summed E-state index contributed by atoms with van der Waals surface area (Å²) in [6.45, 7) is 1.93. The standard InChI is InChI=1S/C24H18ClFN2O3/c1-14-7-9-15(10-8-14)21-22(27-19-5-3-4-6-20(19)31-2)24(30)28(23(21)29)16-11-12-18(26)17(25)13-16/h3-13,27H,1-2H3. The predicted octanol–water partition coefficient (Wildman–Crippen LogP) is 5.19. The Morgan fingerprint density at radius 2 is 1.68 bits per heavy atom. The van der Waals surface area contributed by atoms with Crippen LogP contribution in [0, 0.1) is 12.7 Å². The first kappa shape index (κ1) is 20.6. The van der Waals surface area contributed by atoms with E-state index in [9.17, 15) is 14.0 Å². The molecule has 0 unspecified atom stereocenters. The number of hydrogen-bond acceptors (Lipinski definition) is 4. The van der Waals surface area contributed by atoms with Gasteiger partial charge < -0.3 is 10.1 Å². The molecule has 0 aliphatic carbocycles. The summed E-state index contributed by atoms with van der Waals surface area (Å²) < 4.78 is 19.0. The molecule has 0 fully saturated rings. The van der Waals surface area contributed by atoms with Crippen LogP contribution in [0.3, 0.4) is 0 Å². The van der Waals surface area contributed by atoms with Gasteiger partial charge in [0.15, 0.2) is 0 Å². The second-order valence-corrected chi connectivity index (χ2v) is 7.39. The van der Waals surface area contributed by atoms with Crippen LogP contribution in [-0.2, 0) is 9.59 Å². The molecule has 3 aromatic carbocycles. The number of rotatable bonds is 5. The number of hydrogen-bond donors (Lipinski definition) is 1. The molecule has 7 heteroatoms. The summed E-state index contributed by atoms with van der Waals surface area (Å²) in [5, 5.41) is 2.89. The van der Waals surface area contributed by atoms with Gasteiger partial charge in [0.05, 0.1) is 29.1 Å². The minimum absolute atomic E-state index is 0.0961. The molecule has 1 N–H and O–H groups in total. The van der Waals surface area contributed by atoms with Crippen molar-refractivity contribution in [1.82, 2.24) is 0 Å². The molecule has 4 rings (SSSR count). The Kier molecular flexibility index (Phi) is 5.48. The Morgan fingerprint density at radius 3 is 2.35 bits per heavy atom. The monoisotopic (exact) mass is 436 g/mol. The van der Waals surface area contributed by atoms with Gasteiger partial charge in [0.2, 0.25) is 0 Å². The highest BCUT2D eigenvalue weighted by atomic mass is 35.5. The van der Waals surface area contributed by atoms with Crippen LogP contribution in [0.2, 0.25) is 5.02 Å². The van der Waals surface area contributed by atoms with E-state index in [1.807, 2.05) is 19.1 Å². The van der Waals surface area contributed by atoms with Crippen LogP contribution >= 0.6 is 11.6 Å². The largest absolute Gasteiger partial charge is 0.495 e. The van der Waals surface area contributed by atoms with Crippen LogP contribution in [0.4, 0.5) is 15.8 Å². The number of carbonyl (C=O) groups excluding carboxylic acids is 2. The molecule has 0 bridgehead atoms. The second-order valence-electron chi connectivity index (χ2n) is 6.99. The minimum atomic E-state index is -0.636. The first-order valence-corrected chi connectivity index (χ1v) is 9.83. The lowest BCUT2D eigenvalue weighted by Gasteiger charge is -2.16. The first-order chi connectivity index (χ1) is 14.9. The normalized spacial score (nSPS) is 13.7. The molecule has 31 heavy (non-hydrogen) atoms. The molecular formula is C24H18ClFN2O3. The molecule has 0 spiro atoms. The van der Waals surface area contributed by atoms with Crippen molar-refractivity contribution in [3.63, 3.8) is 0 Å². The Hall–Kier alpha value is -3.64. The molecule has 1 aliphatic rings. The third-order valence-corrected chi connectivity index (χ3v) is 5.24. The number of aryl methyl sites for hydroxylation is 1. The van der Waals surface area contributed by atoms with Crippen LogP contribution in [0.5, 0.6) is 5.75 Å². The van der Waals surface area contributed by atoms with Gasteiger partial charge in [0.1, 0.15) is 17.3 Å². The lowest BCUT2D eigenvalue weighted by atomic mass is 10.0. The maximum Gasteiger partial charge on any atom is 0.282 e. The number of halogens is 2. The predicted molar refractivity (Wildman–Crippen MR) is 119 cm³/mol. The van der Waals surface area contributed by atoms with Crippen LogP contribution in [0.25, 0.3) is 5.57 Å². The Bertz CT molecular complexity index is 1220. The molecular weight excluding hydrogens is 419 g/mol. The fraction of sp³-hybridized carbons (Fsp3) is 0.0833. The minimum Gasteiger partial charge on any atom is -0.495 e. The smallest absolute Gasteiger partial charge is 0.282 e. The van der Waals surface area contributed by atoms with E-state index in [4.69, 9.17) is 16.3 Å². The van der Waals surface area contributed by atoms with Crippen LogP contribution in [-0.4, -0.2) is 18.9 Å². The number of methoxy groups -OCH3 is 1. The van der Waals surface area contributed by atoms with Gasteiger partial charge in [0, 0.05) is 0 Å². The van der Waals surface area contributed by atoms with Gasteiger partial charge in [-0.15, -0.1) is 0 Å². The van der Waals surface area contributed by atoms with E-state index < -0.39 is 17.6 Å². The summed E-state index contributed by atoms with van der Waals surface area (Å²) in [4.78, 5) is 27.8. The molecule has 1 aliphatic heterocycles. The van der Waals surface area contributed by atoms with E-state index in [1.165, 1.54) is 19.2 Å². The number of nitrogens with one attached hydrogen (secondary N) is 1. The fourth-order valence-corrected chi connectivity index (χ4v) is 3.55. The van der Waals surface area contributed by atoms with E-state index >= 15 is 0 Å². The fourth-order valence-electron chi connectivity index (χ4n) is 3.37. The van der Waals surface area contributed by atoms with Crippen molar-refractivity contribution in [2.75, 3.05) is 17.3 Å². The number of amides is 2. The van der Waals surface area contributed by atoms with Crippen LogP contribution in [0.15, 0.2) is 72.4 Å². The van der Waals surface area contributed by atoms with Crippen LogP contribution in [0.1, 0.15) is 11.1 Å². The van der Waals surface area contributed by atoms with Crippen molar-refractivity contribution in [3.8, 4) is 5.75 Å². The molecule has 1 heterocycles. The lowest BCUT2D eigenvalue weighted by Crippen LogP contribution is -2.32. The molecule has 3 aromatic rings. The second kappa shape index (κ2) is 8.24. The van der Waals surface area contributed by atoms with Crippen molar-refractivity contribution < 1.29 is 18.7 Å². The van der Waals surface area contributed by atoms with Crippen LogP contribution < -0.4 is 15.0 Å². The average molecular weight is 437 g/mol. The van der Waals surface area contributed by atoms with E-state index in [0.717, 1.165) is 16.5 Å². The highest BCUT2D eigenvalue weighted by Gasteiger charge is 2.40. The molecule has 0 saturated heterocycles. The molecule has 2 amide bonds. The molecule has 0 radical (unpaired) electrons. The zero-order valence-electron chi connectivity index (χ0n) is 16.8. The molecule has 5 nitrogen and oxygen atoms in total. The Labute approximate surface area is 183 Å². The van der Waals surface area contributed by atoms with Gasteiger partial charge in [0.25, 0.3) is 11.8 Å². The van der Waals surface area contributed by atoms with E-state index in [1.54, 1.807) is 36.4 Å². The maximum absolute atomic E-state index is 13.7. The van der Waals surface area contributed by atoms with Gasteiger partial charge in [-0.25, -0.2) is 9.29 Å². The Balaban J connectivity index is 1.84. The summed E-state index contributed by atoms with van der Waals surface area (Å²) in [5.74, 6) is -1.23. The van der Waals surface area contributed by atoms with Crippen molar-refractivity contribution in [3.05, 3.63) is 94.4 Å². The molecule has 0 aromatic heterocycles. The van der Waals surface area contributed by atoms with Crippen molar-refractivity contribution in [2.24, 2.45) is 0 Å². The zero-order chi connectivity index (χ0) is 22.1. The van der Waals surface area contributed by atoms with E-state index in [0.29, 0.717) is 17.0 Å². The number of imide groups is 1. The summed E-state index contributed by atoms with van der Waals surface area (Å²) in [6, 6.07) is 18.1. The number of benzene rings is 3. The lowest BCUT2D eigenvalue weighted by molar-refractivity contribution is -0.120. The molecule has 156 valence electrons. The molecule has 0 atom stereocenters. The van der Waals surface area contributed by atoms with Gasteiger partial charge in [-0.2, -0.15) is 0 Å². The average Bonchev–Trinajstić information content (AvgIpc) is 3.01. The van der Waals surface area contributed by atoms with Gasteiger partial charge in [-0.1, -0.05) is 53.6 Å². The number of anilines is 2. The summed E-state index contributed by atoms with van der Waals surface area (Å²) in [7, 11) is 1.52. The van der Waals surface area contributed by atoms with Crippen molar-refractivity contribution >= 4 is 40.4 Å². The number of nitrogens with zero attached hydrogens (tertiary/aromatic N) is 1. The maximum atomic E-state index is 13.7. The summed E-state index contributed by atoms with van der Waals surface area (Å²) >= 11 is 5.89. The van der Waals surface area contributed by atoms with Crippen molar-refractivity contribution in [2.45, 2.75) is 6.92 Å². The molecule has 0 saturated carbocycles. The van der Waals surface area contributed by atoms with E-state index in [2.05, 4.69) is 5.32 Å². The van der Waals surface area contributed by atoms with E-state index in [-0.39, 0.29) is 22.0 Å². The third kappa shape index (κ3) is 3.78. The van der Waals surface area contributed by atoms with Gasteiger partial charge in [-0.05, 0) is 42.8 Å². The SMILES string of the molecule is COc1ccccc1NC1=C(c2ccc(C)cc2)C(=O)N(c2ccc(F)c(Cl)c2)C1=O. The quantitative estimate of drug-likeness (QED) is 0.559. The number of carbonyl (C=O) groups is 2. The number of ether oxygens (including phenoxy) is 1. The number of para-hydroxylation sites is 2. The highest BCUT2D eigenvalue weighted by molar-refractivity contribution is 6.46. The van der Waals surface area contributed by atoms with Gasteiger partial charge in [-0.3, -0.25) is 9.59 Å². The highest BCUT2D eigenvalue weighted by Crippen LogP contribution is 2.36. The zero-order valence-corrected chi connectivity index (χ0v) is 17.5. The summed E-state index contributed by atoms with van der Waals surface area (Å²) in [6.07, 6.45) is 0. The first-order valence-electron chi connectivity index (χ1n) is 9.46. The van der Waals surface area contributed by atoms with Gasteiger partial charge >= 0.3 is 0 Å². The Morgan fingerprint density at radius 1 is 0.968 bits per heavy atom. The third-order valence-electron chi connectivity index (χ3n) is 4.95. The van der Waals surface area contributed by atoms with Crippen molar-refractivity contribution in [1.29, 1.82) is 0 Å². The summed E-state index contributed by atoms with van der Waals surface area (Å²) in [5.41, 5.74) is 2.61. The topological polar surface area (TPSA) is 58.6 Å².